The molecule has 202 valence electrons. The molecule has 0 radical (unpaired) electrons. The van der Waals surface area contributed by atoms with Crippen molar-refractivity contribution in [2.24, 2.45) is 5.92 Å². The number of ether oxygens (including phenoxy) is 2. The number of hydrogen-bond acceptors (Lipinski definition) is 7. The zero-order chi connectivity index (χ0) is 27.5. The van der Waals surface area contributed by atoms with Crippen molar-refractivity contribution >= 4 is 23.3 Å². The van der Waals surface area contributed by atoms with Crippen LogP contribution in [0.2, 0.25) is 0 Å². The molecule has 1 aromatic carbocycles. The number of halogens is 2. The van der Waals surface area contributed by atoms with Gasteiger partial charge in [0.05, 0.1) is 25.6 Å². The van der Waals surface area contributed by atoms with Crippen molar-refractivity contribution in [1.29, 1.82) is 0 Å². The average Bonchev–Trinajstić information content (AvgIpc) is 3.27. The first-order chi connectivity index (χ1) is 18.8. The Hall–Kier alpha value is -4.61. The fourth-order valence-electron chi connectivity index (χ4n) is 4.23. The number of pyridine rings is 1. The van der Waals surface area contributed by atoms with Gasteiger partial charge in [-0.25, -0.2) is 23.3 Å². The van der Waals surface area contributed by atoms with Crippen LogP contribution in [-0.4, -0.2) is 45.1 Å². The Morgan fingerprint density at radius 2 is 2.00 bits per heavy atom. The molecule has 0 unspecified atom stereocenters. The van der Waals surface area contributed by atoms with E-state index in [0.717, 1.165) is 31.4 Å². The summed E-state index contributed by atoms with van der Waals surface area (Å²) in [5, 5.41) is 9.77. The van der Waals surface area contributed by atoms with Crippen LogP contribution in [-0.2, 0) is 11.3 Å². The van der Waals surface area contributed by atoms with Crippen molar-refractivity contribution in [3.8, 4) is 22.9 Å². The maximum absolute atomic E-state index is 14.5. The highest BCUT2D eigenvalue weighted by atomic mass is 19.1. The molecule has 2 N–H and O–H groups in total. The minimum absolute atomic E-state index is 0.0692. The number of amides is 2. The molecule has 0 saturated heterocycles. The van der Waals surface area contributed by atoms with Gasteiger partial charge in [0.1, 0.15) is 11.4 Å². The summed E-state index contributed by atoms with van der Waals surface area (Å²) in [5.74, 6) is -1.70. The molecule has 4 aromatic rings. The summed E-state index contributed by atoms with van der Waals surface area (Å²) in [5.41, 5.74) is 1.80. The lowest BCUT2D eigenvalue weighted by Gasteiger charge is -2.26. The van der Waals surface area contributed by atoms with Gasteiger partial charge in [-0.3, -0.25) is 9.59 Å². The number of nitrogens with zero attached hydrogens (tertiary/aromatic N) is 4. The van der Waals surface area contributed by atoms with Gasteiger partial charge in [0, 0.05) is 36.9 Å². The average molecular weight is 537 g/mol. The summed E-state index contributed by atoms with van der Waals surface area (Å²) in [4.78, 5) is 33.0. The molecule has 2 amide bonds. The molecular formula is C27H26F2N6O4. The summed E-state index contributed by atoms with van der Waals surface area (Å²) in [6.45, 7) is 1.54. The largest absolute Gasteiger partial charge is 0.490 e. The summed E-state index contributed by atoms with van der Waals surface area (Å²) in [6.07, 6.45) is 6.20. The lowest BCUT2D eigenvalue weighted by atomic mass is 9.86. The number of methoxy groups -OCH3 is 1. The Morgan fingerprint density at radius 3 is 2.72 bits per heavy atom. The second-order valence-corrected chi connectivity index (χ2v) is 9.28. The molecule has 5 rings (SSSR count). The number of benzene rings is 1. The number of rotatable bonds is 9. The molecule has 12 heteroatoms. The molecule has 0 bridgehead atoms. The monoisotopic (exact) mass is 536 g/mol. The molecule has 0 atom stereocenters. The van der Waals surface area contributed by atoms with E-state index < -0.39 is 17.5 Å². The third kappa shape index (κ3) is 5.79. The van der Waals surface area contributed by atoms with Crippen LogP contribution in [0.5, 0.6) is 11.6 Å². The van der Waals surface area contributed by atoms with Gasteiger partial charge in [-0.1, -0.05) is 6.42 Å². The Morgan fingerprint density at radius 1 is 1.18 bits per heavy atom. The number of imidazole rings is 1. The van der Waals surface area contributed by atoms with E-state index >= 15 is 0 Å². The summed E-state index contributed by atoms with van der Waals surface area (Å²) in [7, 11) is 1.38. The van der Waals surface area contributed by atoms with Crippen molar-refractivity contribution in [3.05, 3.63) is 65.5 Å². The van der Waals surface area contributed by atoms with E-state index in [4.69, 9.17) is 9.47 Å². The summed E-state index contributed by atoms with van der Waals surface area (Å²) < 4.78 is 41.0. The molecular weight excluding hydrogens is 510 g/mol. The smallest absolute Gasteiger partial charge is 0.257 e. The van der Waals surface area contributed by atoms with Gasteiger partial charge < -0.3 is 20.1 Å². The van der Waals surface area contributed by atoms with Gasteiger partial charge in [0.2, 0.25) is 11.8 Å². The topological polar surface area (TPSA) is 120 Å². The van der Waals surface area contributed by atoms with Crippen molar-refractivity contribution in [2.45, 2.75) is 32.7 Å². The highest BCUT2D eigenvalue weighted by Gasteiger charge is 2.22. The molecule has 1 aliphatic carbocycles. The number of anilines is 1. The molecule has 0 spiro atoms. The number of aromatic nitrogens is 4. The lowest BCUT2D eigenvalue weighted by molar-refractivity contribution is -0.114. The van der Waals surface area contributed by atoms with E-state index in [1.54, 1.807) is 24.4 Å². The molecule has 3 heterocycles. The zero-order valence-electron chi connectivity index (χ0n) is 21.3. The number of nitrogens with one attached hydrogen (secondary N) is 2. The number of carbonyl (C=O) groups is 2. The lowest BCUT2D eigenvalue weighted by Crippen LogP contribution is -2.25. The first-order valence-electron chi connectivity index (χ1n) is 12.4. The van der Waals surface area contributed by atoms with Gasteiger partial charge >= 0.3 is 0 Å². The maximum atomic E-state index is 14.5. The van der Waals surface area contributed by atoms with Crippen molar-refractivity contribution in [1.82, 2.24) is 24.9 Å². The van der Waals surface area contributed by atoms with Crippen LogP contribution in [0, 0.1) is 17.6 Å². The predicted octanol–water partition coefficient (Wildman–Crippen LogP) is 4.15. The highest BCUT2D eigenvalue weighted by Crippen LogP contribution is 2.30. The van der Waals surface area contributed by atoms with E-state index in [0.29, 0.717) is 35.2 Å². The second kappa shape index (κ2) is 11.0. The first-order valence-corrected chi connectivity index (χ1v) is 12.4. The van der Waals surface area contributed by atoms with Gasteiger partial charge in [-0.15, -0.1) is 0 Å². The molecule has 10 nitrogen and oxygen atoms in total. The van der Waals surface area contributed by atoms with Gasteiger partial charge in [-0.2, -0.15) is 5.10 Å². The summed E-state index contributed by atoms with van der Waals surface area (Å²) in [6, 6.07) is 6.88. The third-order valence-electron chi connectivity index (χ3n) is 6.42. The number of carbonyl (C=O) groups excluding carboxylic acids is 2. The van der Waals surface area contributed by atoms with E-state index in [1.165, 1.54) is 24.7 Å². The van der Waals surface area contributed by atoms with Gasteiger partial charge in [0.25, 0.3) is 5.91 Å². The number of fused-ring (bicyclic) bond motifs is 1. The number of hydrogen-bond donors (Lipinski definition) is 2. The molecule has 0 aliphatic heterocycles. The maximum Gasteiger partial charge on any atom is 0.257 e. The SMILES string of the molecule is COc1ncc(-c2ccc3nc(NC(C)=O)cn3n2)cc1C(=O)NCc1cc(F)cc(F)c1OCC1CCC1. The van der Waals surface area contributed by atoms with Crippen LogP contribution in [0.25, 0.3) is 16.9 Å². The van der Waals surface area contributed by atoms with Gasteiger partial charge in [-0.05, 0) is 43.0 Å². The fraction of sp³-hybridized carbons (Fsp3) is 0.296. The molecule has 3 aromatic heterocycles. The molecule has 1 fully saturated rings. The van der Waals surface area contributed by atoms with Crippen LogP contribution in [0.3, 0.4) is 0 Å². The Labute approximate surface area is 222 Å². The van der Waals surface area contributed by atoms with Crippen LogP contribution < -0.4 is 20.1 Å². The van der Waals surface area contributed by atoms with Crippen LogP contribution in [0.1, 0.15) is 42.1 Å². The van der Waals surface area contributed by atoms with Crippen molar-refractivity contribution in [3.63, 3.8) is 0 Å². The normalized spacial score (nSPS) is 13.1. The second-order valence-electron chi connectivity index (χ2n) is 9.28. The quantitative estimate of drug-likeness (QED) is 0.330. The molecule has 1 saturated carbocycles. The van der Waals surface area contributed by atoms with Crippen molar-refractivity contribution < 1.29 is 27.8 Å². The fourth-order valence-corrected chi connectivity index (χ4v) is 4.23. The van der Waals surface area contributed by atoms with E-state index in [-0.39, 0.29) is 35.2 Å². The van der Waals surface area contributed by atoms with Crippen molar-refractivity contribution in [2.75, 3.05) is 19.0 Å². The standard InChI is InChI=1S/C27H26F2N6O4/c1-15(36)32-23-13-35-24(33-23)7-6-22(34-35)17-9-20(27(38-2)31-11-17)26(37)30-12-18-8-19(28)10-21(29)25(18)39-14-16-4-3-5-16/h6-11,13,16H,3-5,12,14H2,1-2H3,(H,30,37)(H,32,36). The summed E-state index contributed by atoms with van der Waals surface area (Å²) >= 11 is 0. The highest BCUT2D eigenvalue weighted by molar-refractivity contribution is 5.97. The minimum atomic E-state index is -0.817. The third-order valence-corrected chi connectivity index (χ3v) is 6.42. The van der Waals surface area contributed by atoms with E-state index in [2.05, 4.69) is 25.7 Å². The first kappa shape index (κ1) is 26.0. The Balaban J connectivity index is 1.37. The minimum Gasteiger partial charge on any atom is -0.490 e. The van der Waals surface area contributed by atoms with Crippen LogP contribution in [0.15, 0.2) is 42.7 Å². The predicted molar refractivity (Wildman–Crippen MR) is 137 cm³/mol. The van der Waals surface area contributed by atoms with Gasteiger partial charge in [0.15, 0.2) is 23.0 Å². The molecule has 39 heavy (non-hydrogen) atoms. The molecule has 1 aliphatic rings. The van der Waals surface area contributed by atoms with Crippen LogP contribution in [0.4, 0.5) is 14.6 Å². The van der Waals surface area contributed by atoms with Crippen LogP contribution >= 0.6 is 0 Å². The zero-order valence-corrected chi connectivity index (χ0v) is 21.3. The van der Waals surface area contributed by atoms with E-state index in [9.17, 15) is 18.4 Å². The Kier molecular flexibility index (Phi) is 7.35. The Bertz CT molecular complexity index is 1550. The van der Waals surface area contributed by atoms with E-state index in [1.807, 2.05) is 0 Å².